The summed E-state index contributed by atoms with van der Waals surface area (Å²) >= 11 is 7.73. The third-order valence-corrected chi connectivity index (χ3v) is 5.63. The number of aliphatic imine (C=N–C) groups is 1. The van der Waals surface area contributed by atoms with E-state index >= 15 is 0 Å². The summed E-state index contributed by atoms with van der Waals surface area (Å²) in [7, 11) is 3.82. The second-order valence-electron chi connectivity index (χ2n) is 6.16. The molecular weight excluding hydrogens is 481 g/mol. The fourth-order valence-electron chi connectivity index (χ4n) is 3.07. The molecule has 2 aromatic rings. The van der Waals surface area contributed by atoms with E-state index in [2.05, 4.69) is 38.6 Å². The number of hydrogen-bond acceptors (Lipinski definition) is 3. The number of aryl methyl sites for hydroxylation is 1. The molecule has 0 saturated carbocycles. The molecule has 0 radical (unpaired) electrons. The minimum atomic E-state index is 0. The summed E-state index contributed by atoms with van der Waals surface area (Å²) in [6.45, 7) is 2.91. The number of guanidine groups is 1. The van der Waals surface area contributed by atoms with Gasteiger partial charge in [0.15, 0.2) is 5.96 Å². The number of likely N-dealkylation sites (tertiary alicyclic amines) is 1. The molecule has 0 bridgehead atoms. The second kappa shape index (κ2) is 10.4. The van der Waals surface area contributed by atoms with Gasteiger partial charge in [-0.15, -0.1) is 35.7 Å². The SMILES string of the molecule is CN=C(NCCSc1ccc(Cl)cc1)N1CCC(c2cnn(C)c2)C1.I. The van der Waals surface area contributed by atoms with E-state index in [1.165, 1.54) is 10.5 Å². The Bertz CT molecular complexity index is 719. The molecule has 3 rings (SSSR count). The van der Waals surface area contributed by atoms with Crippen LogP contribution in [0.25, 0.3) is 0 Å². The van der Waals surface area contributed by atoms with Crippen molar-refractivity contribution < 1.29 is 0 Å². The molecule has 26 heavy (non-hydrogen) atoms. The standard InChI is InChI=1S/C18H24ClN5S.HI/c1-20-18(21-8-10-25-17-5-3-16(19)4-6-17)24-9-7-14(13-24)15-11-22-23(2)12-15;/h3-6,11-12,14H,7-10,13H2,1-2H3,(H,20,21);1H. The van der Waals surface area contributed by atoms with Crippen molar-refractivity contribution in [2.75, 3.05) is 32.4 Å². The highest BCUT2D eigenvalue weighted by Crippen LogP contribution is 2.26. The molecule has 0 spiro atoms. The topological polar surface area (TPSA) is 45.5 Å². The van der Waals surface area contributed by atoms with Crippen molar-refractivity contribution in [3.8, 4) is 0 Å². The molecule has 8 heteroatoms. The second-order valence-corrected chi connectivity index (χ2v) is 7.76. The summed E-state index contributed by atoms with van der Waals surface area (Å²) in [5.74, 6) is 2.51. The Hall–Kier alpha value is -0.930. The molecule has 2 heterocycles. The molecule has 1 aromatic carbocycles. The van der Waals surface area contributed by atoms with Gasteiger partial charge in [0, 0.05) is 61.5 Å². The van der Waals surface area contributed by atoms with Crippen molar-refractivity contribution in [2.24, 2.45) is 12.0 Å². The Kier molecular flexibility index (Phi) is 8.56. The number of benzene rings is 1. The lowest BCUT2D eigenvalue weighted by atomic mass is 10.0. The smallest absolute Gasteiger partial charge is 0.193 e. The van der Waals surface area contributed by atoms with Crippen molar-refractivity contribution in [1.29, 1.82) is 0 Å². The highest BCUT2D eigenvalue weighted by atomic mass is 127. The maximum absolute atomic E-state index is 5.92. The van der Waals surface area contributed by atoms with E-state index in [4.69, 9.17) is 11.6 Å². The highest BCUT2D eigenvalue weighted by molar-refractivity contribution is 14.0. The minimum Gasteiger partial charge on any atom is -0.355 e. The summed E-state index contributed by atoms with van der Waals surface area (Å²) in [5, 5.41) is 8.54. The summed E-state index contributed by atoms with van der Waals surface area (Å²) < 4.78 is 1.87. The molecule has 1 saturated heterocycles. The molecule has 0 amide bonds. The third-order valence-electron chi connectivity index (χ3n) is 4.36. The fourth-order valence-corrected chi connectivity index (χ4v) is 3.96. The molecule has 0 aliphatic carbocycles. The number of rotatable bonds is 5. The first-order valence-electron chi connectivity index (χ1n) is 8.48. The first-order valence-corrected chi connectivity index (χ1v) is 9.84. The first kappa shape index (κ1) is 21.4. The van der Waals surface area contributed by atoms with Crippen molar-refractivity contribution in [2.45, 2.75) is 17.2 Å². The molecular formula is C18H25ClIN5S. The largest absolute Gasteiger partial charge is 0.355 e. The first-order chi connectivity index (χ1) is 12.2. The zero-order chi connectivity index (χ0) is 17.6. The van der Waals surface area contributed by atoms with E-state index in [0.29, 0.717) is 5.92 Å². The predicted octanol–water partition coefficient (Wildman–Crippen LogP) is 3.85. The van der Waals surface area contributed by atoms with E-state index in [1.54, 1.807) is 0 Å². The van der Waals surface area contributed by atoms with E-state index in [0.717, 1.165) is 42.8 Å². The van der Waals surface area contributed by atoms with Crippen LogP contribution >= 0.6 is 47.3 Å². The Balaban J connectivity index is 0.00000243. The molecule has 1 unspecified atom stereocenters. The lowest BCUT2D eigenvalue weighted by Crippen LogP contribution is -2.40. The van der Waals surface area contributed by atoms with Crippen molar-refractivity contribution >= 4 is 53.3 Å². The minimum absolute atomic E-state index is 0. The van der Waals surface area contributed by atoms with E-state index < -0.39 is 0 Å². The maximum atomic E-state index is 5.92. The van der Waals surface area contributed by atoms with Crippen LogP contribution in [-0.2, 0) is 7.05 Å². The quantitative estimate of drug-likeness (QED) is 0.220. The lowest BCUT2D eigenvalue weighted by Gasteiger charge is -2.21. The molecule has 1 aromatic heterocycles. The lowest BCUT2D eigenvalue weighted by molar-refractivity contribution is 0.488. The van der Waals surface area contributed by atoms with Crippen LogP contribution in [0.4, 0.5) is 0 Å². The Morgan fingerprint density at radius 3 is 2.81 bits per heavy atom. The average Bonchev–Trinajstić information content (AvgIpc) is 3.25. The summed E-state index contributed by atoms with van der Waals surface area (Å²) in [5.41, 5.74) is 1.32. The molecule has 1 aliphatic rings. The van der Waals surface area contributed by atoms with Crippen LogP contribution in [0, 0.1) is 0 Å². The van der Waals surface area contributed by atoms with E-state index in [-0.39, 0.29) is 24.0 Å². The van der Waals surface area contributed by atoms with Crippen molar-refractivity contribution in [3.63, 3.8) is 0 Å². The van der Waals surface area contributed by atoms with Gasteiger partial charge >= 0.3 is 0 Å². The third kappa shape index (κ3) is 5.79. The highest BCUT2D eigenvalue weighted by Gasteiger charge is 2.26. The monoisotopic (exact) mass is 505 g/mol. The van der Waals surface area contributed by atoms with Gasteiger partial charge < -0.3 is 10.2 Å². The zero-order valence-electron chi connectivity index (χ0n) is 15.1. The van der Waals surface area contributed by atoms with Crippen LogP contribution in [0.15, 0.2) is 46.5 Å². The Labute approximate surface area is 181 Å². The predicted molar refractivity (Wildman–Crippen MR) is 121 cm³/mol. The zero-order valence-corrected chi connectivity index (χ0v) is 19.0. The van der Waals surface area contributed by atoms with Crippen molar-refractivity contribution in [3.05, 3.63) is 47.2 Å². The van der Waals surface area contributed by atoms with E-state index in [9.17, 15) is 0 Å². The number of nitrogens with zero attached hydrogens (tertiary/aromatic N) is 4. The van der Waals surface area contributed by atoms with Gasteiger partial charge in [-0.3, -0.25) is 9.67 Å². The fraction of sp³-hybridized carbons (Fsp3) is 0.444. The maximum Gasteiger partial charge on any atom is 0.193 e. The summed E-state index contributed by atoms with van der Waals surface area (Å²) in [4.78, 5) is 8.02. The number of halogens is 2. The van der Waals surface area contributed by atoms with Crippen LogP contribution in [0.1, 0.15) is 17.9 Å². The van der Waals surface area contributed by atoms with Crippen LogP contribution < -0.4 is 5.32 Å². The number of hydrogen-bond donors (Lipinski definition) is 1. The molecule has 1 N–H and O–H groups in total. The molecule has 1 atom stereocenters. The number of aromatic nitrogens is 2. The van der Waals surface area contributed by atoms with Crippen LogP contribution in [0.3, 0.4) is 0 Å². The van der Waals surface area contributed by atoms with Gasteiger partial charge in [-0.1, -0.05) is 11.6 Å². The van der Waals surface area contributed by atoms with Crippen LogP contribution in [-0.4, -0.2) is 53.1 Å². The van der Waals surface area contributed by atoms with E-state index in [1.807, 2.05) is 48.9 Å². The van der Waals surface area contributed by atoms with Crippen molar-refractivity contribution in [1.82, 2.24) is 20.0 Å². The molecule has 142 valence electrons. The van der Waals surface area contributed by atoms with Crippen LogP contribution in [0.5, 0.6) is 0 Å². The Morgan fingerprint density at radius 2 is 2.15 bits per heavy atom. The number of nitrogens with one attached hydrogen (secondary N) is 1. The van der Waals surface area contributed by atoms with Gasteiger partial charge in [0.2, 0.25) is 0 Å². The summed E-state index contributed by atoms with van der Waals surface area (Å²) in [6, 6.07) is 7.97. The van der Waals surface area contributed by atoms with Gasteiger partial charge in [0.25, 0.3) is 0 Å². The van der Waals surface area contributed by atoms with Gasteiger partial charge in [-0.25, -0.2) is 0 Å². The van der Waals surface area contributed by atoms with Gasteiger partial charge in [0.1, 0.15) is 0 Å². The van der Waals surface area contributed by atoms with Gasteiger partial charge in [0.05, 0.1) is 6.20 Å². The van der Waals surface area contributed by atoms with Gasteiger partial charge in [-0.05, 0) is 36.2 Å². The number of thioether (sulfide) groups is 1. The van der Waals surface area contributed by atoms with Gasteiger partial charge in [-0.2, -0.15) is 5.10 Å². The molecule has 1 aliphatic heterocycles. The molecule has 5 nitrogen and oxygen atoms in total. The molecule has 1 fully saturated rings. The normalized spacial score (nSPS) is 17.3. The Morgan fingerprint density at radius 1 is 1.38 bits per heavy atom. The summed E-state index contributed by atoms with van der Waals surface area (Å²) in [6.07, 6.45) is 5.24. The van der Waals surface area contributed by atoms with Crippen LogP contribution in [0.2, 0.25) is 5.02 Å². The average molecular weight is 506 g/mol.